The van der Waals surface area contributed by atoms with Crippen LogP contribution in [-0.4, -0.2) is 12.1 Å². The largest absolute Gasteiger partial charge is 0.273 e. The van der Waals surface area contributed by atoms with Gasteiger partial charge in [0.05, 0.1) is 11.2 Å². The molecule has 0 aromatic heterocycles. The van der Waals surface area contributed by atoms with Gasteiger partial charge in [-0.15, -0.1) is 0 Å². The molecule has 2 aromatic rings. The maximum atomic E-state index is 12.3. The average Bonchev–Trinajstić information content (AvgIpc) is 3.37. The van der Waals surface area contributed by atoms with E-state index in [-0.39, 0.29) is 23.2 Å². The Morgan fingerprint density at radius 2 is 1.85 bits per heavy atom. The van der Waals surface area contributed by atoms with Gasteiger partial charge in [-0.1, -0.05) is 74.3 Å². The second-order valence-corrected chi connectivity index (χ2v) is 8.56. The summed E-state index contributed by atoms with van der Waals surface area (Å²) in [6.07, 6.45) is 2.39. The summed E-state index contributed by atoms with van der Waals surface area (Å²) in [5.41, 5.74) is 5.96. The van der Waals surface area contributed by atoms with E-state index in [1.807, 2.05) is 0 Å². The van der Waals surface area contributed by atoms with Gasteiger partial charge in [0.15, 0.2) is 0 Å². The van der Waals surface area contributed by atoms with Crippen LogP contribution in [-0.2, 0) is 10.2 Å². The van der Waals surface area contributed by atoms with E-state index in [0.29, 0.717) is 15.6 Å². The van der Waals surface area contributed by atoms with Crippen LogP contribution in [0.4, 0.5) is 0 Å². The molecule has 2 aromatic carbocycles. The van der Waals surface area contributed by atoms with Crippen molar-refractivity contribution < 1.29 is 4.79 Å². The Kier molecular flexibility index (Phi) is 5.40. The maximum absolute atomic E-state index is 12.3. The first-order chi connectivity index (χ1) is 12.3. The SMILES string of the molecule is CC(C)(C)c1ccc([C@@H]2C[C@@H]2C(=O)N/N=C\c2ccc(Cl)cc2Cl)cc1. The van der Waals surface area contributed by atoms with Crippen LogP contribution in [0.1, 0.15) is 49.8 Å². The van der Waals surface area contributed by atoms with Crippen LogP contribution in [0.3, 0.4) is 0 Å². The standard InChI is InChI=1S/C21H22Cl2N2O/c1-21(2,3)15-7-4-13(5-8-15)17-11-18(17)20(26)25-24-12-14-6-9-16(22)10-19(14)23/h4-10,12,17-18H,11H2,1-3H3,(H,25,26)/b24-12-/t17-,18-/m0/s1. The summed E-state index contributed by atoms with van der Waals surface area (Å²) in [6.45, 7) is 6.58. The minimum Gasteiger partial charge on any atom is -0.273 e. The highest BCUT2D eigenvalue weighted by molar-refractivity contribution is 6.36. The Morgan fingerprint density at radius 3 is 2.46 bits per heavy atom. The topological polar surface area (TPSA) is 41.5 Å². The second-order valence-electron chi connectivity index (χ2n) is 7.72. The molecule has 0 heterocycles. The maximum Gasteiger partial charge on any atom is 0.243 e. The zero-order valence-corrected chi connectivity index (χ0v) is 16.6. The van der Waals surface area contributed by atoms with Crippen molar-refractivity contribution in [2.45, 2.75) is 38.5 Å². The number of hydrazone groups is 1. The number of amides is 1. The number of benzene rings is 2. The number of nitrogens with zero attached hydrogens (tertiary/aromatic N) is 1. The first-order valence-electron chi connectivity index (χ1n) is 8.64. The average molecular weight is 389 g/mol. The molecule has 1 N–H and O–H groups in total. The summed E-state index contributed by atoms with van der Waals surface area (Å²) < 4.78 is 0. The Balaban J connectivity index is 1.56. The van der Waals surface area contributed by atoms with Crippen LogP contribution in [0.15, 0.2) is 47.6 Å². The molecule has 5 heteroatoms. The number of halogens is 2. The first kappa shape index (κ1) is 18.9. The van der Waals surface area contributed by atoms with Gasteiger partial charge in [0.1, 0.15) is 0 Å². The number of nitrogens with one attached hydrogen (secondary N) is 1. The van der Waals surface area contributed by atoms with E-state index in [1.165, 1.54) is 17.3 Å². The molecule has 1 aliphatic carbocycles. The first-order valence-corrected chi connectivity index (χ1v) is 9.40. The zero-order valence-electron chi connectivity index (χ0n) is 15.1. The molecule has 136 valence electrons. The van der Waals surface area contributed by atoms with Gasteiger partial charge in [0.25, 0.3) is 0 Å². The predicted octanol–water partition coefficient (Wildman–Crippen LogP) is 5.54. The number of hydrogen-bond donors (Lipinski definition) is 1. The Hall–Kier alpha value is -1.84. The lowest BCUT2D eigenvalue weighted by atomic mass is 9.86. The van der Waals surface area contributed by atoms with Crippen molar-refractivity contribution >= 4 is 35.3 Å². The van der Waals surface area contributed by atoms with Crippen molar-refractivity contribution in [3.63, 3.8) is 0 Å². The van der Waals surface area contributed by atoms with Gasteiger partial charge in [0, 0.05) is 16.5 Å². The normalized spacial score (nSPS) is 19.6. The summed E-state index contributed by atoms with van der Waals surface area (Å²) in [5.74, 6) is 0.197. The highest BCUT2D eigenvalue weighted by Gasteiger charge is 2.43. The molecule has 3 nitrogen and oxygen atoms in total. The monoisotopic (exact) mass is 388 g/mol. The number of carbonyl (C=O) groups excluding carboxylic acids is 1. The third-order valence-electron chi connectivity index (χ3n) is 4.67. The summed E-state index contributed by atoms with van der Waals surface area (Å²) in [4.78, 5) is 12.3. The van der Waals surface area contributed by atoms with Gasteiger partial charge in [-0.05, 0) is 41.0 Å². The molecule has 1 saturated carbocycles. The molecule has 0 radical (unpaired) electrons. The molecule has 2 atom stereocenters. The third kappa shape index (κ3) is 4.46. The predicted molar refractivity (Wildman–Crippen MR) is 108 cm³/mol. The second kappa shape index (κ2) is 7.42. The van der Waals surface area contributed by atoms with E-state index in [4.69, 9.17) is 23.2 Å². The van der Waals surface area contributed by atoms with Gasteiger partial charge in [-0.3, -0.25) is 4.79 Å². The van der Waals surface area contributed by atoms with Crippen molar-refractivity contribution in [2.75, 3.05) is 0 Å². The van der Waals surface area contributed by atoms with Gasteiger partial charge in [-0.25, -0.2) is 5.43 Å². The lowest BCUT2D eigenvalue weighted by Crippen LogP contribution is -2.20. The molecule has 0 spiro atoms. The van der Waals surface area contributed by atoms with E-state index < -0.39 is 0 Å². The van der Waals surface area contributed by atoms with Crippen LogP contribution < -0.4 is 5.43 Å². The molecular formula is C21H22Cl2N2O. The minimum absolute atomic E-state index is 0.0201. The smallest absolute Gasteiger partial charge is 0.243 e. The molecule has 26 heavy (non-hydrogen) atoms. The van der Waals surface area contributed by atoms with Gasteiger partial charge in [-0.2, -0.15) is 5.10 Å². The molecule has 0 unspecified atom stereocenters. The van der Waals surface area contributed by atoms with Crippen molar-refractivity contribution in [1.29, 1.82) is 0 Å². The van der Waals surface area contributed by atoms with Crippen molar-refractivity contribution in [3.05, 3.63) is 69.2 Å². The van der Waals surface area contributed by atoms with Crippen LogP contribution in [0.5, 0.6) is 0 Å². The van der Waals surface area contributed by atoms with E-state index in [2.05, 4.69) is 55.6 Å². The molecule has 1 aliphatic rings. The molecular weight excluding hydrogens is 367 g/mol. The van der Waals surface area contributed by atoms with E-state index in [0.717, 1.165) is 6.42 Å². The molecule has 0 aliphatic heterocycles. The van der Waals surface area contributed by atoms with Crippen LogP contribution in [0.2, 0.25) is 10.0 Å². The fraction of sp³-hybridized carbons (Fsp3) is 0.333. The van der Waals surface area contributed by atoms with E-state index in [1.54, 1.807) is 18.2 Å². The lowest BCUT2D eigenvalue weighted by molar-refractivity contribution is -0.122. The summed E-state index contributed by atoms with van der Waals surface area (Å²) >= 11 is 11.9. The molecule has 0 bridgehead atoms. The Labute approximate surface area is 164 Å². The van der Waals surface area contributed by atoms with Gasteiger partial charge in [0.2, 0.25) is 5.91 Å². The fourth-order valence-corrected chi connectivity index (χ4v) is 3.40. The molecule has 3 rings (SSSR count). The summed E-state index contributed by atoms with van der Waals surface area (Å²) in [5, 5.41) is 5.08. The summed E-state index contributed by atoms with van der Waals surface area (Å²) in [6, 6.07) is 13.7. The highest BCUT2D eigenvalue weighted by atomic mass is 35.5. The summed E-state index contributed by atoms with van der Waals surface area (Å²) in [7, 11) is 0. The number of carbonyl (C=O) groups is 1. The van der Waals surface area contributed by atoms with Crippen molar-refractivity contribution in [2.24, 2.45) is 11.0 Å². The van der Waals surface area contributed by atoms with Gasteiger partial charge < -0.3 is 0 Å². The molecule has 1 fully saturated rings. The van der Waals surface area contributed by atoms with Crippen molar-refractivity contribution in [1.82, 2.24) is 5.43 Å². The number of rotatable bonds is 4. The quantitative estimate of drug-likeness (QED) is 0.541. The van der Waals surface area contributed by atoms with Crippen LogP contribution in [0.25, 0.3) is 0 Å². The van der Waals surface area contributed by atoms with Crippen LogP contribution in [0, 0.1) is 5.92 Å². The molecule has 0 saturated heterocycles. The van der Waals surface area contributed by atoms with Crippen LogP contribution >= 0.6 is 23.2 Å². The zero-order chi connectivity index (χ0) is 18.9. The van der Waals surface area contributed by atoms with Gasteiger partial charge >= 0.3 is 0 Å². The Bertz CT molecular complexity index is 838. The number of hydrogen-bond acceptors (Lipinski definition) is 2. The highest BCUT2D eigenvalue weighted by Crippen LogP contribution is 2.47. The van der Waals surface area contributed by atoms with Crippen molar-refractivity contribution in [3.8, 4) is 0 Å². The Morgan fingerprint density at radius 1 is 1.15 bits per heavy atom. The fourth-order valence-electron chi connectivity index (χ4n) is 2.94. The lowest BCUT2D eigenvalue weighted by Gasteiger charge is -2.19. The van der Waals surface area contributed by atoms with E-state index >= 15 is 0 Å². The van der Waals surface area contributed by atoms with E-state index in [9.17, 15) is 4.79 Å². The minimum atomic E-state index is -0.0590. The third-order valence-corrected chi connectivity index (χ3v) is 5.24. The molecule has 1 amide bonds.